The van der Waals surface area contributed by atoms with Crippen LogP contribution in [-0.2, 0) is 16.1 Å². The molecule has 4 amide bonds. The highest BCUT2D eigenvalue weighted by Gasteiger charge is 2.30. The Labute approximate surface area is 127 Å². The van der Waals surface area contributed by atoms with Crippen LogP contribution in [0.1, 0.15) is 18.4 Å². The zero-order valence-corrected chi connectivity index (χ0v) is 12.0. The summed E-state index contributed by atoms with van der Waals surface area (Å²) in [6, 6.07) is 6.27. The average Bonchev–Trinajstić information content (AvgIpc) is 2.81. The number of rotatable bonds is 1. The molecule has 2 aliphatic rings. The average molecular weight is 303 g/mol. The van der Waals surface area contributed by atoms with Gasteiger partial charge in [-0.3, -0.25) is 14.9 Å². The Morgan fingerprint density at radius 3 is 2.95 bits per heavy atom. The summed E-state index contributed by atoms with van der Waals surface area (Å²) in [6.45, 7) is 1.28. The van der Waals surface area contributed by atoms with Crippen LogP contribution in [0.5, 0.6) is 5.75 Å². The fraction of sp³-hybridized carbons (Fsp3) is 0.400. The van der Waals surface area contributed by atoms with Crippen molar-refractivity contribution in [1.29, 1.82) is 0 Å². The van der Waals surface area contributed by atoms with Gasteiger partial charge in [0.15, 0.2) is 0 Å². The molecule has 1 saturated heterocycles. The number of benzene rings is 1. The molecule has 2 aliphatic heterocycles. The molecular weight excluding hydrogens is 286 g/mol. The highest BCUT2D eigenvalue weighted by Crippen LogP contribution is 2.23. The number of para-hydroxylation sites is 1. The Hall–Kier alpha value is -2.57. The van der Waals surface area contributed by atoms with E-state index in [9.17, 15) is 14.4 Å². The molecule has 1 unspecified atom stereocenters. The van der Waals surface area contributed by atoms with Crippen LogP contribution in [-0.4, -0.2) is 41.9 Å². The van der Waals surface area contributed by atoms with Crippen molar-refractivity contribution in [2.75, 3.05) is 13.2 Å². The van der Waals surface area contributed by atoms with Gasteiger partial charge in [-0.2, -0.15) is 0 Å². The number of imide groups is 1. The van der Waals surface area contributed by atoms with Gasteiger partial charge < -0.3 is 15.0 Å². The molecule has 7 heteroatoms. The maximum Gasteiger partial charge on any atom is 0.322 e. The van der Waals surface area contributed by atoms with Crippen LogP contribution in [0.4, 0.5) is 4.79 Å². The van der Waals surface area contributed by atoms with Gasteiger partial charge in [0.05, 0.1) is 6.54 Å². The zero-order chi connectivity index (χ0) is 15.5. The molecule has 0 aliphatic carbocycles. The molecule has 0 aromatic heterocycles. The van der Waals surface area contributed by atoms with Crippen molar-refractivity contribution in [3.8, 4) is 5.75 Å². The minimum Gasteiger partial charge on any atom is -0.491 e. The lowest BCUT2D eigenvalue weighted by molar-refractivity contribution is -0.134. The topological polar surface area (TPSA) is 87.7 Å². The van der Waals surface area contributed by atoms with Gasteiger partial charge in [-0.25, -0.2) is 4.79 Å². The van der Waals surface area contributed by atoms with Crippen molar-refractivity contribution < 1.29 is 19.1 Å². The van der Waals surface area contributed by atoms with Crippen molar-refractivity contribution in [2.45, 2.75) is 25.4 Å². The molecule has 1 aromatic rings. The highest BCUT2D eigenvalue weighted by atomic mass is 16.5. The molecule has 2 N–H and O–H groups in total. The van der Waals surface area contributed by atoms with Crippen LogP contribution in [0.3, 0.4) is 0 Å². The summed E-state index contributed by atoms with van der Waals surface area (Å²) >= 11 is 0. The molecule has 7 nitrogen and oxygen atoms in total. The van der Waals surface area contributed by atoms with E-state index >= 15 is 0 Å². The summed E-state index contributed by atoms with van der Waals surface area (Å²) in [5, 5.41) is 4.72. The second-order valence-electron chi connectivity index (χ2n) is 5.33. The first-order chi connectivity index (χ1) is 10.6. The summed E-state index contributed by atoms with van der Waals surface area (Å²) in [6.07, 6.45) is 0.450. The summed E-state index contributed by atoms with van der Waals surface area (Å²) in [7, 11) is 0. The Bertz CT molecular complexity index is 617. The molecule has 1 aromatic carbocycles. The van der Waals surface area contributed by atoms with Crippen LogP contribution in [0, 0.1) is 0 Å². The fourth-order valence-electron chi connectivity index (χ4n) is 2.65. The first kappa shape index (κ1) is 14.4. The third kappa shape index (κ3) is 3.03. The van der Waals surface area contributed by atoms with Crippen LogP contribution in [0.2, 0.25) is 0 Å². The second kappa shape index (κ2) is 6.05. The van der Waals surface area contributed by atoms with Gasteiger partial charge in [0.1, 0.15) is 18.4 Å². The number of amides is 4. The first-order valence-corrected chi connectivity index (χ1v) is 7.23. The quantitative estimate of drug-likeness (QED) is 0.786. The van der Waals surface area contributed by atoms with E-state index in [1.54, 1.807) is 4.90 Å². The predicted octanol–water partition coefficient (Wildman–Crippen LogP) is 0.396. The van der Waals surface area contributed by atoms with Crippen LogP contribution in [0.15, 0.2) is 24.3 Å². The van der Waals surface area contributed by atoms with Crippen LogP contribution >= 0.6 is 0 Å². The number of hydrogen-bond donors (Lipinski definition) is 2. The van der Waals surface area contributed by atoms with Gasteiger partial charge in [0.25, 0.3) is 0 Å². The second-order valence-corrected chi connectivity index (χ2v) is 5.33. The Kier molecular flexibility index (Phi) is 3.95. The van der Waals surface area contributed by atoms with E-state index in [-0.39, 0.29) is 18.2 Å². The molecule has 0 bridgehead atoms. The number of fused-ring (bicyclic) bond motifs is 1. The number of nitrogens with one attached hydrogen (secondary N) is 2. The lowest BCUT2D eigenvalue weighted by Crippen LogP contribution is -2.49. The zero-order valence-electron chi connectivity index (χ0n) is 12.0. The maximum absolute atomic E-state index is 12.6. The lowest BCUT2D eigenvalue weighted by atomic mass is 10.1. The Morgan fingerprint density at radius 1 is 1.27 bits per heavy atom. The summed E-state index contributed by atoms with van der Waals surface area (Å²) < 4.78 is 5.63. The van der Waals surface area contributed by atoms with Crippen molar-refractivity contribution in [1.82, 2.24) is 15.5 Å². The minimum atomic E-state index is -0.684. The first-order valence-electron chi connectivity index (χ1n) is 7.23. The van der Waals surface area contributed by atoms with E-state index in [0.29, 0.717) is 26.1 Å². The molecule has 0 spiro atoms. The number of hydrogen-bond acceptors (Lipinski definition) is 4. The van der Waals surface area contributed by atoms with E-state index in [4.69, 9.17) is 4.74 Å². The maximum atomic E-state index is 12.6. The smallest absolute Gasteiger partial charge is 0.322 e. The largest absolute Gasteiger partial charge is 0.491 e. The van der Waals surface area contributed by atoms with E-state index in [1.165, 1.54) is 0 Å². The molecule has 0 radical (unpaired) electrons. The van der Waals surface area contributed by atoms with E-state index in [0.717, 1.165) is 11.3 Å². The van der Waals surface area contributed by atoms with Gasteiger partial charge in [0.2, 0.25) is 11.8 Å². The normalized spacial score (nSPS) is 21.6. The van der Waals surface area contributed by atoms with Crippen molar-refractivity contribution in [3.63, 3.8) is 0 Å². The standard InChI is InChI=1S/C15H17N3O4/c19-13-6-5-11(16-15(21)17-13)14(20)18-7-8-22-12-4-2-1-3-10(12)9-18/h1-4,11H,5-9H2,(H2,16,17,19,21). The van der Waals surface area contributed by atoms with Crippen molar-refractivity contribution in [2.24, 2.45) is 0 Å². The van der Waals surface area contributed by atoms with Gasteiger partial charge >= 0.3 is 6.03 Å². The van der Waals surface area contributed by atoms with Crippen LogP contribution in [0.25, 0.3) is 0 Å². The SMILES string of the molecule is O=C1CCC(C(=O)N2CCOc3ccccc3C2)NC(=O)N1. The number of carbonyl (C=O) groups excluding carboxylic acids is 3. The highest BCUT2D eigenvalue weighted by molar-refractivity contribution is 5.98. The third-order valence-electron chi connectivity index (χ3n) is 3.78. The molecule has 3 rings (SSSR count). The van der Waals surface area contributed by atoms with E-state index < -0.39 is 12.1 Å². The van der Waals surface area contributed by atoms with Gasteiger partial charge in [0, 0.05) is 18.5 Å². The fourth-order valence-corrected chi connectivity index (χ4v) is 2.65. The number of urea groups is 1. The molecule has 0 saturated carbocycles. The van der Waals surface area contributed by atoms with Gasteiger partial charge in [-0.15, -0.1) is 0 Å². The number of carbonyl (C=O) groups is 3. The molecular formula is C15H17N3O4. The monoisotopic (exact) mass is 303 g/mol. The molecule has 1 atom stereocenters. The third-order valence-corrected chi connectivity index (χ3v) is 3.78. The summed E-state index contributed by atoms with van der Waals surface area (Å²) in [5.74, 6) is 0.224. The summed E-state index contributed by atoms with van der Waals surface area (Å²) in [5.41, 5.74) is 0.933. The van der Waals surface area contributed by atoms with Crippen molar-refractivity contribution >= 4 is 17.8 Å². The van der Waals surface area contributed by atoms with Crippen molar-refractivity contribution in [3.05, 3.63) is 29.8 Å². The Morgan fingerprint density at radius 2 is 2.09 bits per heavy atom. The van der Waals surface area contributed by atoms with E-state index in [2.05, 4.69) is 10.6 Å². The summed E-state index contributed by atoms with van der Waals surface area (Å²) in [4.78, 5) is 37.2. The van der Waals surface area contributed by atoms with Crippen LogP contribution < -0.4 is 15.4 Å². The van der Waals surface area contributed by atoms with E-state index in [1.807, 2.05) is 24.3 Å². The van der Waals surface area contributed by atoms with Gasteiger partial charge in [-0.1, -0.05) is 18.2 Å². The molecule has 1 fully saturated rings. The number of ether oxygens (including phenoxy) is 1. The predicted molar refractivity (Wildman–Crippen MR) is 77.1 cm³/mol. The molecule has 22 heavy (non-hydrogen) atoms. The molecule has 116 valence electrons. The minimum absolute atomic E-state index is 0.149. The Balaban J connectivity index is 1.74. The number of nitrogens with zero attached hydrogens (tertiary/aromatic N) is 1. The van der Waals surface area contributed by atoms with Gasteiger partial charge in [-0.05, 0) is 12.5 Å². The lowest BCUT2D eigenvalue weighted by Gasteiger charge is -2.25. The molecule has 2 heterocycles.